The minimum Gasteiger partial charge on any atom is -0.381 e. The molecule has 1 aliphatic rings. The van der Waals surface area contributed by atoms with Gasteiger partial charge in [-0.25, -0.2) is 13.1 Å². The highest BCUT2D eigenvalue weighted by molar-refractivity contribution is 7.88. The fourth-order valence-corrected chi connectivity index (χ4v) is 1.76. The third-order valence-electron chi connectivity index (χ3n) is 1.98. The highest BCUT2D eigenvalue weighted by Crippen LogP contribution is 2.13. The molecule has 0 aliphatic carbocycles. The number of nitrogens with one attached hydrogen (secondary N) is 1. The van der Waals surface area contributed by atoms with Crippen LogP contribution in [0.4, 0.5) is 0 Å². The smallest absolute Gasteiger partial charge is 0.208 e. The lowest BCUT2D eigenvalue weighted by Gasteiger charge is -2.21. The van der Waals surface area contributed by atoms with Crippen LogP contribution in [0.2, 0.25) is 0 Å². The van der Waals surface area contributed by atoms with Crippen molar-refractivity contribution < 1.29 is 13.2 Å². The maximum absolute atomic E-state index is 10.7. The zero-order valence-electron chi connectivity index (χ0n) is 7.25. The maximum atomic E-state index is 10.7. The van der Waals surface area contributed by atoms with Gasteiger partial charge in [-0.1, -0.05) is 0 Å². The first-order valence-electron chi connectivity index (χ1n) is 4.10. The quantitative estimate of drug-likeness (QED) is 0.684. The molecular formula is C7H15NO3S. The molecule has 0 atom stereocenters. The van der Waals surface area contributed by atoms with Crippen molar-refractivity contribution >= 4 is 10.0 Å². The van der Waals surface area contributed by atoms with Gasteiger partial charge in [0, 0.05) is 19.8 Å². The van der Waals surface area contributed by atoms with Crippen molar-refractivity contribution in [1.29, 1.82) is 0 Å². The van der Waals surface area contributed by atoms with E-state index in [1.165, 1.54) is 6.26 Å². The van der Waals surface area contributed by atoms with Gasteiger partial charge in [0.2, 0.25) is 10.0 Å². The number of hydrogen-bond acceptors (Lipinski definition) is 3. The van der Waals surface area contributed by atoms with Crippen LogP contribution >= 0.6 is 0 Å². The van der Waals surface area contributed by atoms with E-state index in [9.17, 15) is 8.42 Å². The average Bonchev–Trinajstić information content (AvgIpc) is 2.02. The second-order valence-corrected chi connectivity index (χ2v) is 5.01. The molecule has 12 heavy (non-hydrogen) atoms. The lowest BCUT2D eigenvalue weighted by molar-refractivity contribution is 0.0678. The molecule has 0 radical (unpaired) electrons. The molecule has 1 rings (SSSR count). The molecule has 0 spiro atoms. The van der Waals surface area contributed by atoms with Crippen molar-refractivity contribution in [2.24, 2.45) is 5.92 Å². The molecule has 0 unspecified atom stereocenters. The van der Waals surface area contributed by atoms with Gasteiger partial charge < -0.3 is 4.74 Å². The van der Waals surface area contributed by atoms with Crippen molar-refractivity contribution in [3.05, 3.63) is 0 Å². The van der Waals surface area contributed by atoms with Gasteiger partial charge in [0.05, 0.1) is 6.26 Å². The number of ether oxygens (including phenoxy) is 1. The summed E-state index contributed by atoms with van der Waals surface area (Å²) < 4.78 is 29.1. The van der Waals surface area contributed by atoms with E-state index in [2.05, 4.69) is 4.72 Å². The zero-order valence-corrected chi connectivity index (χ0v) is 8.06. The van der Waals surface area contributed by atoms with E-state index in [1.54, 1.807) is 0 Å². The largest absolute Gasteiger partial charge is 0.381 e. The van der Waals surface area contributed by atoms with Crippen LogP contribution < -0.4 is 4.72 Å². The van der Waals surface area contributed by atoms with Crippen LogP contribution in [0, 0.1) is 5.92 Å². The fraction of sp³-hybridized carbons (Fsp3) is 1.00. The van der Waals surface area contributed by atoms with E-state index in [0.717, 1.165) is 26.1 Å². The van der Waals surface area contributed by atoms with E-state index in [4.69, 9.17) is 4.74 Å². The van der Waals surface area contributed by atoms with Gasteiger partial charge in [-0.3, -0.25) is 0 Å². The van der Waals surface area contributed by atoms with Crippen molar-refractivity contribution in [2.45, 2.75) is 12.8 Å². The first-order valence-corrected chi connectivity index (χ1v) is 5.99. The topological polar surface area (TPSA) is 55.4 Å². The molecule has 1 N–H and O–H groups in total. The normalized spacial score (nSPS) is 21.1. The molecule has 1 aliphatic heterocycles. The molecule has 72 valence electrons. The molecule has 4 nitrogen and oxygen atoms in total. The Morgan fingerprint density at radius 3 is 2.50 bits per heavy atom. The van der Waals surface area contributed by atoms with Gasteiger partial charge in [-0.15, -0.1) is 0 Å². The summed E-state index contributed by atoms with van der Waals surface area (Å²) in [5, 5.41) is 0. The van der Waals surface area contributed by atoms with Crippen LogP contribution in [0.5, 0.6) is 0 Å². The van der Waals surface area contributed by atoms with Crippen LogP contribution in [0.3, 0.4) is 0 Å². The highest BCUT2D eigenvalue weighted by Gasteiger charge is 2.14. The van der Waals surface area contributed by atoms with Crippen molar-refractivity contribution in [1.82, 2.24) is 4.72 Å². The third kappa shape index (κ3) is 4.04. The number of sulfonamides is 1. The minimum atomic E-state index is -3.01. The molecule has 0 aromatic carbocycles. The minimum absolute atomic E-state index is 0.452. The Bertz CT molecular complexity index is 219. The van der Waals surface area contributed by atoms with E-state index >= 15 is 0 Å². The van der Waals surface area contributed by atoms with Gasteiger partial charge in [0.1, 0.15) is 0 Å². The second-order valence-electron chi connectivity index (χ2n) is 3.18. The molecular weight excluding hydrogens is 178 g/mol. The summed E-state index contributed by atoms with van der Waals surface area (Å²) in [5.41, 5.74) is 0. The Hall–Kier alpha value is -0.130. The van der Waals surface area contributed by atoms with Gasteiger partial charge in [0.25, 0.3) is 0 Å². The summed E-state index contributed by atoms with van der Waals surface area (Å²) in [6, 6.07) is 0. The molecule has 1 heterocycles. The van der Waals surface area contributed by atoms with Crippen molar-refractivity contribution in [3.63, 3.8) is 0 Å². The SMILES string of the molecule is CS(=O)(=O)NCC1CCOCC1. The van der Waals surface area contributed by atoms with Gasteiger partial charge >= 0.3 is 0 Å². The number of hydrogen-bond donors (Lipinski definition) is 1. The summed E-state index contributed by atoms with van der Waals surface area (Å²) in [6.45, 7) is 2.08. The van der Waals surface area contributed by atoms with Crippen molar-refractivity contribution in [2.75, 3.05) is 26.0 Å². The highest BCUT2D eigenvalue weighted by atomic mass is 32.2. The standard InChI is InChI=1S/C7H15NO3S/c1-12(9,10)8-6-7-2-4-11-5-3-7/h7-8H,2-6H2,1H3. The van der Waals surface area contributed by atoms with Crippen LogP contribution in [-0.4, -0.2) is 34.4 Å². The molecule has 0 bridgehead atoms. The average molecular weight is 193 g/mol. The molecule has 0 saturated carbocycles. The van der Waals surface area contributed by atoms with Crippen LogP contribution in [0.1, 0.15) is 12.8 Å². The molecule has 5 heteroatoms. The molecule has 0 aromatic rings. The van der Waals surface area contributed by atoms with Gasteiger partial charge in [0.15, 0.2) is 0 Å². The fourth-order valence-electron chi connectivity index (χ4n) is 1.22. The lowest BCUT2D eigenvalue weighted by atomic mass is 10.0. The Kier molecular flexibility index (Phi) is 3.49. The van der Waals surface area contributed by atoms with Crippen LogP contribution in [0.15, 0.2) is 0 Å². The van der Waals surface area contributed by atoms with E-state index in [1.807, 2.05) is 0 Å². The van der Waals surface area contributed by atoms with Gasteiger partial charge in [-0.05, 0) is 18.8 Å². The summed E-state index contributed by atoms with van der Waals surface area (Å²) >= 11 is 0. The van der Waals surface area contributed by atoms with E-state index < -0.39 is 10.0 Å². The predicted molar refractivity (Wildman–Crippen MR) is 46.4 cm³/mol. The zero-order chi connectivity index (χ0) is 9.03. The molecule has 0 amide bonds. The summed E-state index contributed by atoms with van der Waals surface area (Å²) in [7, 11) is -3.01. The molecule has 1 fully saturated rings. The number of rotatable bonds is 3. The van der Waals surface area contributed by atoms with Crippen LogP contribution in [0.25, 0.3) is 0 Å². The Morgan fingerprint density at radius 1 is 1.42 bits per heavy atom. The predicted octanol–water partition coefficient (Wildman–Crippen LogP) is -0.0378. The summed E-state index contributed by atoms with van der Waals surface area (Å²) in [4.78, 5) is 0. The van der Waals surface area contributed by atoms with Crippen molar-refractivity contribution in [3.8, 4) is 0 Å². The Morgan fingerprint density at radius 2 is 2.00 bits per heavy atom. The first kappa shape index (κ1) is 9.95. The van der Waals surface area contributed by atoms with Crippen LogP contribution in [-0.2, 0) is 14.8 Å². The molecule has 1 saturated heterocycles. The maximum Gasteiger partial charge on any atom is 0.208 e. The lowest BCUT2D eigenvalue weighted by Crippen LogP contribution is -2.31. The van der Waals surface area contributed by atoms with E-state index in [0.29, 0.717) is 12.5 Å². The summed E-state index contributed by atoms with van der Waals surface area (Å²) in [6.07, 6.45) is 3.11. The summed E-state index contributed by atoms with van der Waals surface area (Å²) in [5.74, 6) is 0.452. The Balaban J connectivity index is 2.22. The molecule has 0 aromatic heterocycles. The van der Waals surface area contributed by atoms with E-state index in [-0.39, 0.29) is 0 Å². The Labute approximate surface area is 73.3 Å². The van der Waals surface area contributed by atoms with Gasteiger partial charge in [-0.2, -0.15) is 0 Å². The monoisotopic (exact) mass is 193 g/mol. The second kappa shape index (κ2) is 4.20. The first-order chi connectivity index (χ1) is 5.58. The third-order valence-corrected chi connectivity index (χ3v) is 2.67.